The van der Waals surface area contributed by atoms with Gasteiger partial charge in [0.1, 0.15) is 0 Å². The highest BCUT2D eigenvalue weighted by Gasteiger charge is 2.23. The third-order valence-electron chi connectivity index (χ3n) is 2.35. The monoisotopic (exact) mass is 108 g/mol. The Morgan fingerprint density at radius 3 is 3.12 bits per heavy atom. The van der Waals surface area contributed by atoms with E-state index in [0.717, 1.165) is 5.92 Å². The van der Waals surface area contributed by atoms with Crippen LogP contribution >= 0.6 is 0 Å². The van der Waals surface area contributed by atoms with E-state index in [1.54, 1.807) is 5.57 Å². The van der Waals surface area contributed by atoms with Gasteiger partial charge in [0.15, 0.2) is 0 Å². The van der Waals surface area contributed by atoms with Gasteiger partial charge in [0.05, 0.1) is 0 Å². The van der Waals surface area contributed by atoms with E-state index in [1.165, 1.54) is 32.1 Å². The van der Waals surface area contributed by atoms with E-state index in [-0.39, 0.29) is 0 Å². The van der Waals surface area contributed by atoms with Gasteiger partial charge >= 0.3 is 0 Å². The Labute approximate surface area is 50.6 Å². The van der Waals surface area contributed by atoms with Crippen molar-refractivity contribution in [3.05, 3.63) is 11.6 Å². The summed E-state index contributed by atoms with van der Waals surface area (Å²) in [5.41, 5.74) is 1.74. The summed E-state index contributed by atoms with van der Waals surface area (Å²) in [7, 11) is 0. The van der Waals surface area contributed by atoms with E-state index in [4.69, 9.17) is 0 Å². The van der Waals surface area contributed by atoms with Crippen LogP contribution in [0, 0.1) is 5.92 Å². The Kier molecular flexibility index (Phi) is 0.927. The van der Waals surface area contributed by atoms with Gasteiger partial charge in [0, 0.05) is 0 Å². The lowest BCUT2D eigenvalue weighted by atomic mass is 9.80. The lowest BCUT2D eigenvalue weighted by Crippen LogP contribution is -2.11. The number of fused-ring (bicyclic) bond motifs is 3. The molecule has 3 rings (SSSR count). The summed E-state index contributed by atoms with van der Waals surface area (Å²) in [5, 5.41) is 0. The molecule has 44 valence electrons. The van der Waals surface area contributed by atoms with Crippen LogP contribution in [-0.2, 0) is 0 Å². The molecular formula is C8H12. The van der Waals surface area contributed by atoms with Gasteiger partial charge in [-0.15, -0.1) is 0 Å². The van der Waals surface area contributed by atoms with Gasteiger partial charge in [-0.2, -0.15) is 0 Å². The van der Waals surface area contributed by atoms with Crippen molar-refractivity contribution in [2.75, 3.05) is 0 Å². The van der Waals surface area contributed by atoms with Crippen molar-refractivity contribution in [3.63, 3.8) is 0 Å². The van der Waals surface area contributed by atoms with Gasteiger partial charge in [-0.1, -0.05) is 11.6 Å². The zero-order valence-electron chi connectivity index (χ0n) is 5.19. The molecule has 0 spiro atoms. The molecule has 0 atom stereocenters. The van der Waals surface area contributed by atoms with Crippen LogP contribution in [0.2, 0.25) is 0 Å². The molecule has 3 aliphatic carbocycles. The number of hydrogen-bond donors (Lipinski definition) is 0. The van der Waals surface area contributed by atoms with E-state index in [1.807, 2.05) is 0 Å². The Hall–Kier alpha value is -0.260. The zero-order valence-corrected chi connectivity index (χ0v) is 5.19. The molecule has 0 N–H and O–H groups in total. The fourth-order valence-corrected chi connectivity index (χ4v) is 1.77. The van der Waals surface area contributed by atoms with Crippen LogP contribution in [0.15, 0.2) is 11.6 Å². The van der Waals surface area contributed by atoms with Gasteiger partial charge in [0.25, 0.3) is 0 Å². The Morgan fingerprint density at radius 2 is 2.25 bits per heavy atom. The summed E-state index contributed by atoms with van der Waals surface area (Å²) in [6.07, 6.45) is 9.66. The summed E-state index contributed by atoms with van der Waals surface area (Å²) < 4.78 is 0. The first-order valence-corrected chi connectivity index (χ1v) is 3.63. The summed E-state index contributed by atoms with van der Waals surface area (Å²) in [4.78, 5) is 0. The second-order valence-corrected chi connectivity index (χ2v) is 3.07. The molecule has 0 aromatic carbocycles. The molecule has 3 aliphatic rings. The summed E-state index contributed by atoms with van der Waals surface area (Å²) in [6.45, 7) is 0. The maximum Gasteiger partial charge on any atom is -0.0289 e. The van der Waals surface area contributed by atoms with E-state index < -0.39 is 0 Å². The van der Waals surface area contributed by atoms with Crippen LogP contribution in [0.4, 0.5) is 0 Å². The molecule has 0 radical (unpaired) electrons. The van der Waals surface area contributed by atoms with E-state index in [2.05, 4.69) is 6.08 Å². The summed E-state index contributed by atoms with van der Waals surface area (Å²) >= 11 is 0. The molecular weight excluding hydrogens is 96.1 g/mol. The van der Waals surface area contributed by atoms with Crippen molar-refractivity contribution >= 4 is 0 Å². The highest BCUT2D eigenvalue weighted by Crippen LogP contribution is 2.39. The van der Waals surface area contributed by atoms with Crippen LogP contribution in [0.3, 0.4) is 0 Å². The molecule has 0 nitrogen and oxygen atoms in total. The minimum Gasteiger partial charge on any atom is -0.0853 e. The molecule has 1 saturated carbocycles. The van der Waals surface area contributed by atoms with Crippen LogP contribution < -0.4 is 0 Å². The van der Waals surface area contributed by atoms with E-state index in [0.29, 0.717) is 0 Å². The first-order chi connectivity index (χ1) is 3.95. The average molecular weight is 108 g/mol. The Morgan fingerprint density at radius 1 is 1.38 bits per heavy atom. The van der Waals surface area contributed by atoms with Crippen molar-refractivity contribution in [2.45, 2.75) is 32.1 Å². The topological polar surface area (TPSA) is 0 Å². The smallest absolute Gasteiger partial charge is 0.0289 e. The quantitative estimate of drug-likeness (QED) is 0.418. The summed E-state index contributed by atoms with van der Waals surface area (Å²) in [5.74, 6) is 1.10. The average Bonchev–Trinajstić information content (AvgIpc) is 1.89. The minimum atomic E-state index is 1.10. The van der Waals surface area contributed by atoms with Crippen LogP contribution in [0.25, 0.3) is 0 Å². The van der Waals surface area contributed by atoms with Crippen molar-refractivity contribution in [2.24, 2.45) is 5.92 Å². The van der Waals surface area contributed by atoms with Gasteiger partial charge in [-0.3, -0.25) is 0 Å². The molecule has 1 fully saturated rings. The molecule has 0 heterocycles. The standard InChI is InChI=1S/C8H12/c1-2-4-8-5-7(3-1)6-8/h3,8H,1-2,4-6H2. The predicted octanol–water partition coefficient (Wildman–Crippen LogP) is 2.51. The maximum atomic E-state index is 2.45. The predicted molar refractivity (Wildman–Crippen MR) is 34.7 cm³/mol. The first-order valence-electron chi connectivity index (χ1n) is 3.63. The second-order valence-electron chi connectivity index (χ2n) is 3.07. The summed E-state index contributed by atoms with van der Waals surface area (Å²) in [6, 6.07) is 0. The third-order valence-corrected chi connectivity index (χ3v) is 2.35. The molecule has 0 amide bonds. The molecule has 0 unspecified atom stereocenters. The number of hydrogen-bond acceptors (Lipinski definition) is 0. The molecule has 0 aromatic heterocycles. The van der Waals surface area contributed by atoms with Crippen molar-refractivity contribution in [3.8, 4) is 0 Å². The zero-order chi connectivity index (χ0) is 5.40. The normalized spacial score (nSPS) is 28.2. The largest absolute Gasteiger partial charge is 0.0853 e. The van der Waals surface area contributed by atoms with Crippen LogP contribution in [-0.4, -0.2) is 0 Å². The molecule has 0 aliphatic heterocycles. The fraction of sp³-hybridized carbons (Fsp3) is 0.750. The lowest BCUT2D eigenvalue weighted by molar-refractivity contribution is 0.396. The highest BCUT2D eigenvalue weighted by atomic mass is 14.3. The fourth-order valence-electron chi connectivity index (χ4n) is 1.77. The third kappa shape index (κ3) is 0.594. The molecule has 0 heteroatoms. The maximum absolute atomic E-state index is 2.45. The Bertz CT molecular complexity index is 114. The number of rotatable bonds is 0. The minimum absolute atomic E-state index is 1.10. The number of allylic oxidation sites excluding steroid dienone is 2. The molecule has 8 heavy (non-hydrogen) atoms. The highest BCUT2D eigenvalue weighted by molar-refractivity contribution is 5.14. The Balaban J connectivity index is 2.10. The van der Waals surface area contributed by atoms with E-state index >= 15 is 0 Å². The van der Waals surface area contributed by atoms with Crippen LogP contribution in [0.1, 0.15) is 32.1 Å². The van der Waals surface area contributed by atoms with Gasteiger partial charge in [-0.25, -0.2) is 0 Å². The molecule has 2 bridgehead atoms. The van der Waals surface area contributed by atoms with Crippen LogP contribution in [0.5, 0.6) is 0 Å². The van der Waals surface area contributed by atoms with Gasteiger partial charge < -0.3 is 0 Å². The van der Waals surface area contributed by atoms with Gasteiger partial charge in [0.2, 0.25) is 0 Å². The first kappa shape index (κ1) is 4.60. The second kappa shape index (κ2) is 1.61. The SMILES string of the molecule is C1=C2CC(CCC1)C2. The van der Waals surface area contributed by atoms with Crippen molar-refractivity contribution < 1.29 is 0 Å². The lowest BCUT2D eigenvalue weighted by Gasteiger charge is -2.26. The van der Waals surface area contributed by atoms with Gasteiger partial charge in [-0.05, 0) is 38.0 Å². The molecule has 0 aromatic rings. The van der Waals surface area contributed by atoms with Crippen molar-refractivity contribution in [1.82, 2.24) is 0 Å². The van der Waals surface area contributed by atoms with Crippen molar-refractivity contribution in [1.29, 1.82) is 0 Å². The molecule has 0 saturated heterocycles. The van der Waals surface area contributed by atoms with E-state index in [9.17, 15) is 0 Å².